The molecule has 0 fully saturated rings. The zero-order chi connectivity index (χ0) is 29.2. The number of imidazole rings is 1. The van der Waals surface area contributed by atoms with E-state index in [1.54, 1.807) is 12.3 Å². The number of aliphatic carboxylic acids is 2. The predicted octanol–water partition coefficient (Wildman–Crippen LogP) is -1.60. The van der Waals surface area contributed by atoms with Crippen LogP contribution in [0, 0.1) is 0 Å². The number of nitrogens with two attached hydrogens (primary N) is 1. The summed E-state index contributed by atoms with van der Waals surface area (Å²) < 4.78 is 0. The maximum Gasteiger partial charge on any atom is 0.328 e. The van der Waals surface area contributed by atoms with Crippen LogP contribution in [0.5, 0.6) is 0 Å². The molecule has 15 nitrogen and oxygen atoms in total. The maximum absolute atomic E-state index is 13.4. The molecule has 4 unspecified atom stereocenters. The van der Waals surface area contributed by atoms with Gasteiger partial charge in [-0.05, 0) is 18.1 Å². The number of carboxylic acid groups (broad SMARTS) is 2. The molecule has 0 saturated heterocycles. The molecule has 2 heterocycles. The number of aliphatic hydroxyl groups is 1. The molecule has 0 aliphatic heterocycles. The van der Waals surface area contributed by atoms with Crippen LogP contribution in [0.3, 0.4) is 0 Å². The number of H-pyrrole nitrogens is 2. The molecule has 10 N–H and O–H groups in total. The van der Waals surface area contributed by atoms with E-state index < -0.39 is 60.4 Å². The summed E-state index contributed by atoms with van der Waals surface area (Å²) in [5.74, 6) is -5.03. The number of aromatic amines is 2. The van der Waals surface area contributed by atoms with Crippen molar-refractivity contribution < 1.29 is 39.3 Å². The number of carboxylic acids is 2. The molecule has 0 radical (unpaired) electrons. The molecule has 0 bridgehead atoms. The van der Waals surface area contributed by atoms with Crippen molar-refractivity contribution in [3.8, 4) is 0 Å². The van der Waals surface area contributed by atoms with E-state index in [1.807, 2.05) is 18.2 Å². The van der Waals surface area contributed by atoms with Gasteiger partial charge in [0.15, 0.2) is 0 Å². The van der Waals surface area contributed by atoms with Crippen molar-refractivity contribution in [2.24, 2.45) is 5.73 Å². The fourth-order valence-corrected chi connectivity index (χ4v) is 3.97. The topological polar surface area (TPSA) is 253 Å². The SMILES string of the molecule is NC(CCC(=O)O)C(=O)NC(Cc1cnc[nH]1)C(=O)NC(Cc1c[nH]c2ccccc12)C(=O)NC(CO)C(=O)O. The third-order valence-corrected chi connectivity index (χ3v) is 6.15. The quantitative estimate of drug-likeness (QED) is 0.103. The summed E-state index contributed by atoms with van der Waals surface area (Å²) in [4.78, 5) is 71.3. The lowest BCUT2D eigenvalue weighted by Gasteiger charge is -2.25. The van der Waals surface area contributed by atoms with Gasteiger partial charge in [0.05, 0.1) is 19.0 Å². The highest BCUT2D eigenvalue weighted by Crippen LogP contribution is 2.19. The summed E-state index contributed by atoms with van der Waals surface area (Å²) in [6, 6.07) is 1.87. The van der Waals surface area contributed by atoms with E-state index >= 15 is 0 Å². The molecule has 0 aliphatic carbocycles. The van der Waals surface area contributed by atoms with Crippen molar-refractivity contribution >= 4 is 40.6 Å². The largest absolute Gasteiger partial charge is 0.481 e. The summed E-state index contributed by atoms with van der Waals surface area (Å²) in [5, 5.41) is 35.6. The van der Waals surface area contributed by atoms with Crippen LogP contribution >= 0.6 is 0 Å². The number of benzene rings is 1. The first-order valence-electron chi connectivity index (χ1n) is 12.3. The zero-order valence-electron chi connectivity index (χ0n) is 21.3. The third-order valence-electron chi connectivity index (χ3n) is 6.15. The van der Waals surface area contributed by atoms with Gasteiger partial charge in [-0.2, -0.15) is 0 Å². The number of amides is 3. The lowest BCUT2D eigenvalue weighted by atomic mass is 10.0. The second kappa shape index (κ2) is 13.9. The van der Waals surface area contributed by atoms with E-state index in [2.05, 4.69) is 30.9 Å². The minimum atomic E-state index is -1.61. The average molecular weight is 558 g/mol. The van der Waals surface area contributed by atoms with E-state index in [0.717, 1.165) is 10.9 Å². The van der Waals surface area contributed by atoms with Gasteiger partial charge in [-0.3, -0.25) is 19.2 Å². The van der Waals surface area contributed by atoms with Crippen LogP contribution < -0.4 is 21.7 Å². The van der Waals surface area contributed by atoms with Crippen molar-refractivity contribution in [2.45, 2.75) is 49.9 Å². The molecule has 3 aromatic rings. The second-order valence-corrected chi connectivity index (χ2v) is 9.09. The number of carbonyl (C=O) groups is 5. The molecule has 0 saturated carbocycles. The molecule has 3 rings (SSSR count). The molecule has 15 heteroatoms. The second-order valence-electron chi connectivity index (χ2n) is 9.09. The van der Waals surface area contributed by atoms with E-state index in [0.29, 0.717) is 11.3 Å². The van der Waals surface area contributed by atoms with Gasteiger partial charge in [0.2, 0.25) is 17.7 Å². The number of aromatic nitrogens is 3. The Bertz CT molecular complexity index is 1340. The van der Waals surface area contributed by atoms with Crippen LogP contribution in [0.1, 0.15) is 24.1 Å². The summed E-state index contributed by atoms with van der Waals surface area (Å²) in [6.07, 6.45) is 3.83. The number of fused-ring (bicyclic) bond motifs is 1. The Labute approximate surface area is 227 Å². The van der Waals surface area contributed by atoms with Gasteiger partial charge in [0.25, 0.3) is 0 Å². The van der Waals surface area contributed by atoms with Gasteiger partial charge < -0.3 is 47.0 Å². The van der Waals surface area contributed by atoms with Crippen molar-refractivity contribution in [3.63, 3.8) is 0 Å². The minimum Gasteiger partial charge on any atom is -0.481 e. The molecular weight excluding hydrogens is 526 g/mol. The maximum atomic E-state index is 13.4. The predicted molar refractivity (Wildman–Crippen MR) is 140 cm³/mol. The van der Waals surface area contributed by atoms with Crippen molar-refractivity contribution in [1.82, 2.24) is 30.9 Å². The molecular formula is C25H31N7O8. The van der Waals surface area contributed by atoms with Crippen LogP contribution in [0.25, 0.3) is 10.9 Å². The van der Waals surface area contributed by atoms with E-state index in [1.165, 1.54) is 12.5 Å². The van der Waals surface area contributed by atoms with E-state index in [4.69, 9.17) is 10.8 Å². The van der Waals surface area contributed by atoms with Crippen LogP contribution in [0.2, 0.25) is 0 Å². The summed E-state index contributed by atoms with van der Waals surface area (Å²) in [6.45, 7) is -0.873. The van der Waals surface area contributed by atoms with E-state index in [-0.39, 0.29) is 25.7 Å². The van der Waals surface area contributed by atoms with Gasteiger partial charge >= 0.3 is 11.9 Å². The van der Waals surface area contributed by atoms with Gasteiger partial charge in [-0.25, -0.2) is 9.78 Å². The molecule has 4 atom stereocenters. The van der Waals surface area contributed by atoms with Crippen LogP contribution in [-0.4, -0.2) is 90.7 Å². The number of rotatable bonds is 15. The number of hydrogen-bond donors (Lipinski definition) is 9. The van der Waals surface area contributed by atoms with Crippen LogP contribution in [0.4, 0.5) is 0 Å². The van der Waals surface area contributed by atoms with Crippen LogP contribution in [-0.2, 0) is 36.8 Å². The highest BCUT2D eigenvalue weighted by Gasteiger charge is 2.31. The summed E-state index contributed by atoms with van der Waals surface area (Å²) in [5.41, 5.74) is 7.71. The Kier molecular flexibility index (Phi) is 10.3. The Balaban J connectivity index is 1.84. The highest BCUT2D eigenvalue weighted by molar-refractivity contribution is 5.95. The van der Waals surface area contributed by atoms with Crippen LogP contribution in [0.15, 0.2) is 43.0 Å². The van der Waals surface area contributed by atoms with Crippen molar-refractivity contribution in [2.75, 3.05) is 6.61 Å². The number of para-hydroxylation sites is 1. The first-order chi connectivity index (χ1) is 19.1. The normalized spacial score (nSPS) is 14.1. The fraction of sp³-hybridized carbons (Fsp3) is 0.360. The number of nitrogens with one attached hydrogen (secondary N) is 5. The number of hydrogen-bond acceptors (Lipinski definition) is 8. The fourth-order valence-electron chi connectivity index (χ4n) is 3.97. The highest BCUT2D eigenvalue weighted by atomic mass is 16.4. The van der Waals surface area contributed by atoms with Crippen molar-refractivity contribution in [3.05, 3.63) is 54.2 Å². The summed E-state index contributed by atoms with van der Waals surface area (Å²) in [7, 11) is 0. The Hall–Kier alpha value is -4.76. The Morgan fingerprint density at radius 3 is 2.17 bits per heavy atom. The lowest BCUT2D eigenvalue weighted by molar-refractivity contribution is -0.143. The molecule has 214 valence electrons. The van der Waals surface area contributed by atoms with Crippen molar-refractivity contribution in [1.29, 1.82) is 0 Å². The smallest absolute Gasteiger partial charge is 0.328 e. The molecule has 0 aliphatic rings. The molecule has 1 aromatic carbocycles. The van der Waals surface area contributed by atoms with Gasteiger partial charge in [-0.1, -0.05) is 18.2 Å². The van der Waals surface area contributed by atoms with Gasteiger partial charge in [-0.15, -0.1) is 0 Å². The third kappa shape index (κ3) is 8.12. The number of aliphatic hydroxyl groups excluding tert-OH is 1. The average Bonchev–Trinajstić information content (AvgIpc) is 3.59. The van der Waals surface area contributed by atoms with Gasteiger partial charge in [0, 0.05) is 48.3 Å². The number of carbonyl (C=O) groups excluding carboxylic acids is 3. The Morgan fingerprint density at radius 2 is 1.55 bits per heavy atom. The molecule has 3 amide bonds. The number of nitrogens with zero attached hydrogens (tertiary/aromatic N) is 1. The van der Waals surface area contributed by atoms with Gasteiger partial charge in [0.1, 0.15) is 18.1 Å². The zero-order valence-corrected chi connectivity index (χ0v) is 21.3. The monoisotopic (exact) mass is 557 g/mol. The molecule has 2 aromatic heterocycles. The minimum absolute atomic E-state index is 0.0534. The summed E-state index contributed by atoms with van der Waals surface area (Å²) >= 11 is 0. The molecule has 0 spiro atoms. The lowest BCUT2D eigenvalue weighted by Crippen LogP contribution is -2.58. The first-order valence-corrected chi connectivity index (χ1v) is 12.3. The Morgan fingerprint density at radius 1 is 0.900 bits per heavy atom. The van der Waals surface area contributed by atoms with E-state index in [9.17, 15) is 34.2 Å². The standard InChI is InChI=1S/C25H31N7O8/c26-16(5-6-21(34)35)22(36)30-19(8-14-10-27-12-29-14)24(38)31-18(23(37)32-20(11-33)25(39)40)7-13-9-28-17-4-2-1-3-15(13)17/h1-4,9-10,12,16,18-20,28,33H,5-8,11,26H2,(H,27,29)(H,30,36)(H,31,38)(H,32,37)(H,34,35)(H,39,40). The molecule has 40 heavy (non-hydrogen) atoms. The first kappa shape index (κ1) is 29.8.